The summed E-state index contributed by atoms with van der Waals surface area (Å²) < 4.78 is 10.8. The largest absolute Gasteiger partial charge is 0.469 e. The van der Waals surface area contributed by atoms with Crippen LogP contribution in [0.25, 0.3) is 0 Å². The molecule has 1 N–H and O–H groups in total. The molecular formula is C12H12O3Si. The number of hydrogen-bond acceptors (Lipinski definition) is 3. The van der Waals surface area contributed by atoms with E-state index in [2.05, 4.69) is 6.58 Å². The molecule has 2 aromatic heterocycles. The van der Waals surface area contributed by atoms with Crippen molar-refractivity contribution in [3.63, 3.8) is 0 Å². The van der Waals surface area contributed by atoms with Crippen LogP contribution in [0.5, 0.6) is 0 Å². The van der Waals surface area contributed by atoms with Gasteiger partial charge in [0.1, 0.15) is 11.5 Å². The van der Waals surface area contributed by atoms with Crippen LogP contribution in [-0.2, 0) is 0 Å². The fourth-order valence-electron chi connectivity index (χ4n) is 1.44. The van der Waals surface area contributed by atoms with E-state index in [0.29, 0.717) is 9.52 Å². The summed E-state index contributed by atoms with van der Waals surface area (Å²) in [5, 5.41) is 9.81. The second-order valence-electron chi connectivity index (χ2n) is 3.37. The molecule has 0 unspecified atom stereocenters. The van der Waals surface area contributed by atoms with Crippen LogP contribution < -0.4 is 0 Å². The lowest BCUT2D eigenvalue weighted by Gasteiger charge is -2.11. The van der Waals surface area contributed by atoms with Crippen LogP contribution in [-0.4, -0.2) is 21.2 Å². The molecule has 0 spiro atoms. The third-order valence-corrected chi connectivity index (χ3v) is 3.62. The average molecular weight is 232 g/mol. The second kappa shape index (κ2) is 5.00. The zero-order chi connectivity index (χ0) is 11.4. The van der Waals surface area contributed by atoms with E-state index in [1.807, 2.05) is 24.3 Å². The number of hydrogen-bond donors (Lipinski definition) is 1. The third kappa shape index (κ3) is 2.34. The van der Waals surface area contributed by atoms with Crippen molar-refractivity contribution in [1.82, 2.24) is 0 Å². The Kier molecular flexibility index (Phi) is 3.43. The molecule has 0 atom stereocenters. The first-order valence-corrected chi connectivity index (χ1v) is 6.01. The topological polar surface area (TPSA) is 46.5 Å². The molecule has 82 valence electrons. The minimum Gasteiger partial charge on any atom is -0.469 e. The Bertz CT molecular complexity index is 397. The number of furan rings is 2. The fraction of sp³-hybridized carbons (Fsp3) is 0.167. The van der Waals surface area contributed by atoms with Gasteiger partial charge >= 0.3 is 0 Å². The fourth-order valence-corrected chi connectivity index (χ4v) is 2.56. The van der Waals surface area contributed by atoms with Gasteiger partial charge in [-0.05, 0) is 24.3 Å². The molecule has 0 aliphatic heterocycles. The summed E-state index contributed by atoms with van der Waals surface area (Å²) in [6.07, 6.45) is 3.27. The van der Waals surface area contributed by atoms with Gasteiger partial charge in [0.25, 0.3) is 0 Å². The van der Waals surface area contributed by atoms with Gasteiger partial charge in [0.2, 0.25) is 0 Å². The molecule has 0 aliphatic carbocycles. The van der Waals surface area contributed by atoms with Gasteiger partial charge in [-0.2, -0.15) is 0 Å². The summed E-state index contributed by atoms with van der Waals surface area (Å²) in [5.74, 6) is 1.67. The van der Waals surface area contributed by atoms with E-state index in [9.17, 15) is 0 Å². The highest BCUT2D eigenvalue weighted by Crippen LogP contribution is 2.25. The Morgan fingerprint density at radius 1 is 1.25 bits per heavy atom. The van der Waals surface area contributed by atoms with E-state index in [0.717, 1.165) is 16.7 Å². The number of aliphatic hydroxyl groups excluding tert-OH is 1. The maximum absolute atomic E-state index is 9.02. The van der Waals surface area contributed by atoms with Crippen molar-refractivity contribution in [3.8, 4) is 0 Å². The van der Waals surface area contributed by atoms with Crippen molar-refractivity contribution in [1.29, 1.82) is 0 Å². The minimum atomic E-state index is -0.00361. The molecule has 2 rings (SSSR count). The lowest BCUT2D eigenvalue weighted by molar-refractivity contribution is 0.338. The van der Waals surface area contributed by atoms with Gasteiger partial charge in [-0.1, -0.05) is 5.20 Å². The van der Waals surface area contributed by atoms with Gasteiger partial charge in [0.05, 0.1) is 34.2 Å². The molecule has 16 heavy (non-hydrogen) atoms. The molecule has 0 bridgehead atoms. The van der Waals surface area contributed by atoms with Crippen molar-refractivity contribution in [3.05, 3.63) is 60.1 Å². The lowest BCUT2D eigenvalue weighted by Crippen LogP contribution is -2.12. The summed E-state index contributed by atoms with van der Waals surface area (Å²) in [7, 11) is 0.354. The number of aliphatic hydroxyl groups is 1. The van der Waals surface area contributed by atoms with E-state index in [1.165, 1.54) is 0 Å². The van der Waals surface area contributed by atoms with Gasteiger partial charge in [0.15, 0.2) is 0 Å². The monoisotopic (exact) mass is 232 g/mol. The van der Waals surface area contributed by atoms with Crippen molar-refractivity contribution in [2.75, 3.05) is 6.61 Å². The van der Waals surface area contributed by atoms with E-state index in [1.54, 1.807) is 12.5 Å². The molecule has 0 aliphatic rings. The third-order valence-electron chi connectivity index (χ3n) is 2.19. The van der Waals surface area contributed by atoms with Crippen LogP contribution in [0.15, 0.2) is 57.4 Å². The van der Waals surface area contributed by atoms with Gasteiger partial charge < -0.3 is 13.9 Å². The van der Waals surface area contributed by atoms with Crippen LogP contribution >= 0.6 is 0 Å². The quantitative estimate of drug-likeness (QED) is 0.804. The Balaban J connectivity index is 2.24. The molecular weight excluding hydrogens is 220 g/mol. The molecule has 3 nitrogen and oxygen atoms in total. The van der Waals surface area contributed by atoms with E-state index in [4.69, 9.17) is 13.9 Å². The minimum absolute atomic E-state index is 0.00361. The average Bonchev–Trinajstić information content (AvgIpc) is 2.97. The van der Waals surface area contributed by atoms with Gasteiger partial charge in [0, 0.05) is 0 Å². The Labute approximate surface area is 96.2 Å². The lowest BCUT2D eigenvalue weighted by atomic mass is 10.2. The summed E-state index contributed by atoms with van der Waals surface area (Å²) in [5.41, 5.74) is 0.0182. The van der Waals surface area contributed by atoms with Crippen LogP contribution in [0.3, 0.4) is 0 Å². The second-order valence-corrected chi connectivity index (χ2v) is 4.94. The first-order chi connectivity index (χ1) is 7.81. The molecule has 0 saturated carbocycles. The SMILES string of the molecule is C=C(CO)[Si]C(c1ccco1)c1ccco1. The summed E-state index contributed by atoms with van der Waals surface area (Å²) in [6.45, 7) is 3.81. The van der Waals surface area contributed by atoms with E-state index in [-0.39, 0.29) is 12.1 Å². The summed E-state index contributed by atoms with van der Waals surface area (Å²) in [6, 6.07) is 7.50. The Morgan fingerprint density at radius 3 is 2.19 bits per heavy atom. The Morgan fingerprint density at radius 2 is 1.81 bits per heavy atom. The van der Waals surface area contributed by atoms with Crippen molar-refractivity contribution >= 4 is 9.52 Å². The highest BCUT2D eigenvalue weighted by molar-refractivity contribution is 6.47. The molecule has 0 aromatic carbocycles. The van der Waals surface area contributed by atoms with Gasteiger partial charge in [-0.25, -0.2) is 0 Å². The molecule has 2 aromatic rings. The van der Waals surface area contributed by atoms with Crippen molar-refractivity contribution in [2.45, 2.75) is 5.54 Å². The first kappa shape index (κ1) is 11.0. The first-order valence-electron chi connectivity index (χ1n) is 4.93. The van der Waals surface area contributed by atoms with Crippen molar-refractivity contribution < 1.29 is 13.9 Å². The van der Waals surface area contributed by atoms with Gasteiger partial charge in [-0.3, -0.25) is 0 Å². The van der Waals surface area contributed by atoms with Crippen LogP contribution in [0, 0.1) is 0 Å². The van der Waals surface area contributed by atoms with Crippen LogP contribution in [0.1, 0.15) is 17.1 Å². The maximum atomic E-state index is 9.02. The Hall–Kier alpha value is -1.52. The summed E-state index contributed by atoms with van der Waals surface area (Å²) in [4.78, 5) is 0. The predicted molar refractivity (Wildman–Crippen MR) is 61.2 cm³/mol. The molecule has 4 heteroatoms. The maximum Gasteiger partial charge on any atom is 0.111 e. The molecule has 2 heterocycles. The molecule has 0 saturated heterocycles. The number of rotatable bonds is 5. The zero-order valence-corrected chi connectivity index (χ0v) is 9.72. The standard InChI is InChI=1S/C12H12O3Si/c1-9(8-13)16-12(10-4-2-6-14-10)11-5-3-7-15-11/h2-7,12-13H,1,8H2. The van der Waals surface area contributed by atoms with Crippen LogP contribution in [0.2, 0.25) is 0 Å². The predicted octanol–water partition coefficient (Wildman–Crippen LogP) is 2.17. The van der Waals surface area contributed by atoms with Gasteiger partial charge in [-0.15, -0.1) is 6.58 Å². The van der Waals surface area contributed by atoms with Crippen molar-refractivity contribution in [2.24, 2.45) is 0 Å². The zero-order valence-electron chi connectivity index (χ0n) is 8.72. The summed E-state index contributed by atoms with van der Waals surface area (Å²) >= 11 is 0. The van der Waals surface area contributed by atoms with E-state index >= 15 is 0 Å². The normalized spacial score (nSPS) is 10.9. The molecule has 0 fully saturated rings. The molecule has 2 radical (unpaired) electrons. The highest BCUT2D eigenvalue weighted by Gasteiger charge is 2.21. The van der Waals surface area contributed by atoms with E-state index < -0.39 is 0 Å². The smallest absolute Gasteiger partial charge is 0.111 e. The highest BCUT2D eigenvalue weighted by atomic mass is 28.2. The van der Waals surface area contributed by atoms with Crippen LogP contribution in [0.4, 0.5) is 0 Å². The molecule has 0 amide bonds.